The third kappa shape index (κ3) is 6.34. The summed E-state index contributed by atoms with van der Waals surface area (Å²) >= 11 is 0. The molecule has 4 aromatic rings. The average Bonchev–Trinajstić information content (AvgIpc) is 2.94. The standard InChI is InChI=1S/C29H21N3O8/c33-26(22-3-1-2-4-24(22)28(35)36)30-19-9-5-17(6-10-19)15-18-7-11-20(12-8-18)31-27(34)23-14-13-21(32(39)40)16-25(23)29(37)38/h1-14,16H,15H2,(H,30,33)(H,31,34)(H,35,36)(H,37,38). The molecule has 0 aliphatic heterocycles. The third-order valence-corrected chi connectivity index (χ3v) is 5.92. The van der Waals surface area contributed by atoms with Crippen molar-refractivity contribution in [2.24, 2.45) is 0 Å². The Morgan fingerprint density at radius 2 is 1.07 bits per heavy atom. The number of carboxylic acids is 2. The lowest BCUT2D eigenvalue weighted by molar-refractivity contribution is -0.384. The van der Waals surface area contributed by atoms with Crippen LogP contribution in [0.4, 0.5) is 17.1 Å². The minimum Gasteiger partial charge on any atom is -0.478 e. The minimum absolute atomic E-state index is 0.0546. The lowest BCUT2D eigenvalue weighted by Gasteiger charge is -2.10. The zero-order valence-electron chi connectivity index (χ0n) is 20.7. The van der Waals surface area contributed by atoms with Crippen molar-refractivity contribution in [1.82, 2.24) is 0 Å². The highest BCUT2D eigenvalue weighted by molar-refractivity contribution is 6.11. The topological polar surface area (TPSA) is 176 Å². The molecule has 0 unspecified atom stereocenters. The molecule has 200 valence electrons. The van der Waals surface area contributed by atoms with Crippen LogP contribution in [0.2, 0.25) is 0 Å². The summed E-state index contributed by atoms with van der Waals surface area (Å²) < 4.78 is 0. The van der Waals surface area contributed by atoms with Gasteiger partial charge in [-0.3, -0.25) is 19.7 Å². The predicted octanol–water partition coefficient (Wildman–Crippen LogP) is 5.09. The molecular formula is C29H21N3O8. The van der Waals surface area contributed by atoms with Crippen molar-refractivity contribution in [3.63, 3.8) is 0 Å². The Morgan fingerprint density at radius 1 is 0.625 bits per heavy atom. The molecule has 11 nitrogen and oxygen atoms in total. The summed E-state index contributed by atoms with van der Waals surface area (Å²) in [7, 11) is 0. The summed E-state index contributed by atoms with van der Waals surface area (Å²) in [5.74, 6) is -3.90. The van der Waals surface area contributed by atoms with E-state index < -0.39 is 39.9 Å². The number of nitro groups is 1. The lowest BCUT2D eigenvalue weighted by atomic mass is 10.0. The zero-order valence-corrected chi connectivity index (χ0v) is 20.7. The van der Waals surface area contributed by atoms with Crippen molar-refractivity contribution < 1.29 is 34.3 Å². The normalized spacial score (nSPS) is 10.4. The molecular weight excluding hydrogens is 518 g/mol. The van der Waals surface area contributed by atoms with Crippen LogP contribution in [0.1, 0.15) is 52.6 Å². The van der Waals surface area contributed by atoms with Gasteiger partial charge >= 0.3 is 11.9 Å². The molecule has 40 heavy (non-hydrogen) atoms. The van der Waals surface area contributed by atoms with Crippen LogP contribution >= 0.6 is 0 Å². The molecule has 4 aromatic carbocycles. The number of carboxylic acid groups (broad SMARTS) is 2. The highest BCUT2D eigenvalue weighted by Crippen LogP contribution is 2.21. The predicted molar refractivity (Wildman–Crippen MR) is 145 cm³/mol. The van der Waals surface area contributed by atoms with Crippen LogP contribution in [0.25, 0.3) is 0 Å². The van der Waals surface area contributed by atoms with E-state index in [0.29, 0.717) is 17.8 Å². The molecule has 0 fully saturated rings. The Kier molecular flexibility index (Phi) is 7.95. The van der Waals surface area contributed by atoms with E-state index in [9.17, 15) is 39.5 Å². The second-order valence-corrected chi connectivity index (χ2v) is 8.62. The van der Waals surface area contributed by atoms with E-state index >= 15 is 0 Å². The first-order valence-corrected chi connectivity index (χ1v) is 11.8. The largest absolute Gasteiger partial charge is 0.478 e. The summed E-state index contributed by atoms with van der Waals surface area (Å²) in [5, 5.41) is 34.9. The number of hydrogen-bond acceptors (Lipinski definition) is 6. The van der Waals surface area contributed by atoms with Gasteiger partial charge in [-0.2, -0.15) is 0 Å². The Balaban J connectivity index is 1.39. The average molecular weight is 540 g/mol. The third-order valence-electron chi connectivity index (χ3n) is 5.92. The number of rotatable bonds is 9. The SMILES string of the molecule is O=C(O)c1ccccc1C(=O)Nc1ccc(Cc2ccc(NC(=O)c3ccc([N+](=O)[O-])cc3C(=O)O)cc2)cc1. The van der Waals surface area contributed by atoms with Crippen molar-refractivity contribution in [1.29, 1.82) is 0 Å². The van der Waals surface area contributed by atoms with Crippen molar-refractivity contribution in [3.05, 3.63) is 134 Å². The van der Waals surface area contributed by atoms with Crippen LogP contribution in [0.3, 0.4) is 0 Å². The van der Waals surface area contributed by atoms with Gasteiger partial charge in [-0.15, -0.1) is 0 Å². The maximum atomic E-state index is 12.6. The van der Waals surface area contributed by atoms with Crippen LogP contribution < -0.4 is 10.6 Å². The highest BCUT2D eigenvalue weighted by atomic mass is 16.6. The molecule has 0 radical (unpaired) electrons. The van der Waals surface area contributed by atoms with Gasteiger partial charge in [-0.25, -0.2) is 9.59 Å². The summed E-state index contributed by atoms with van der Waals surface area (Å²) in [5.41, 5.74) is 1.59. The van der Waals surface area contributed by atoms with E-state index in [1.165, 1.54) is 12.1 Å². The van der Waals surface area contributed by atoms with Crippen LogP contribution in [0.15, 0.2) is 91.0 Å². The molecule has 0 heterocycles. The van der Waals surface area contributed by atoms with E-state index in [1.54, 1.807) is 48.5 Å². The van der Waals surface area contributed by atoms with E-state index in [4.69, 9.17) is 0 Å². The number of hydrogen-bond donors (Lipinski definition) is 4. The van der Waals surface area contributed by atoms with Crippen LogP contribution in [0, 0.1) is 10.1 Å². The van der Waals surface area contributed by atoms with E-state index in [2.05, 4.69) is 10.6 Å². The fraction of sp³-hybridized carbons (Fsp3) is 0.0345. The molecule has 4 N–H and O–H groups in total. The lowest BCUT2D eigenvalue weighted by Crippen LogP contribution is -2.16. The van der Waals surface area contributed by atoms with Gasteiger partial charge in [0, 0.05) is 23.5 Å². The molecule has 0 bridgehead atoms. The van der Waals surface area contributed by atoms with Crippen molar-refractivity contribution in [2.45, 2.75) is 6.42 Å². The van der Waals surface area contributed by atoms with Crippen molar-refractivity contribution in [2.75, 3.05) is 10.6 Å². The Bertz CT molecular complexity index is 1630. The molecule has 0 atom stereocenters. The molecule has 0 spiro atoms. The number of carbonyl (C=O) groups is 4. The van der Waals surface area contributed by atoms with Crippen molar-refractivity contribution >= 4 is 40.8 Å². The monoisotopic (exact) mass is 539 g/mol. The number of non-ortho nitro benzene ring substituents is 1. The van der Waals surface area contributed by atoms with Gasteiger partial charge in [0.05, 0.1) is 27.2 Å². The maximum absolute atomic E-state index is 12.6. The smallest absolute Gasteiger partial charge is 0.336 e. The number of benzene rings is 4. The summed E-state index contributed by atoms with van der Waals surface area (Å²) in [6.45, 7) is 0. The summed E-state index contributed by atoms with van der Waals surface area (Å²) in [4.78, 5) is 58.3. The number of anilines is 2. The van der Waals surface area contributed by atoms with Gasteiger partial charge in [0.2, 0.25) is 0 Å². The number of aromatic carboxylic acids is 2. The van der Waals surface area contributed by atoms with Gasteiger partial charge in [-0.05, 0) is 60.0 Å². The van der Waals surface area contributed by atoms with E-state index in [-0.39, 0.29) is 16.7 Å². The van der Waals surface area contributed by atoms with E-state index in [0.717, 1.165) is 29.3 Å². The molecule has 0 saturated carbocycles. The molecule has 0 aliphatic rings. The van der Waals surface area contributed by atoms with E-state index in [1.807, 2.05) is 12.1 Å². The second-order valence-electron chi connectivity index (χ2n) is 8.62. The van der Waals surface area contributed by atoms with Crippen LogP contribution in [-0.2, 0) is 6.42 Å². The highest BCUT2D eigenvalue weighted by Gasteiger charge is 2.21. The van der Waals surface area contributed by atoms with Crippen molar-refractivity contribution in [3.8, 4) is 0 Å². The molecule has 4 rings (SSSR count). The van der Waals surface area contributed by atoms with Gasteiger partial charge in [-0.1, -0.05) is 36.4 Å². The minimum atomic E-state index is -1.46. The van der Waals surface area contributed by atoms with Gasteiger partial charge in [0.15, 0.2) is 0 Å². The second kappa shape index (κ2) is 11.7. The number of nitrogens with zero attached hydrogens (tertiary/aromatic N) is 1. The number of nitro benzene ring substituents is 1. The van der Waals surface area contributed by atoms with Crippen LogP contribution in [-0.4, -0.2) is 38.9 Å². The first kappa shape index (κ1) is 27.2. The molecule has 2 amide bonds. The molecule has 0 aromatic heterocycles. The number of nitrogens with one attached hydrogen (secondary N) is 2. The molecule has 0 saturated heterocycles. The van der Waals surface area contributed by atoms with Crippen LogP contribution in [0.5, 0.6) is 0 Å². The Hall–Kier alpha value is -5.84. The summed E-state index contributed by atoms with van der Waals surface area (Å²) in [6, 6.07) is 22.8. The maximum Gasteiger partial charge on any atom is 0.336 e. The zero-order chi connectivity index (χ0) is 28.8. The quantitative estimate of drug-likeness (QED) is 0.168. The first-order valence-electron chi connectivity index (χ1n) is 11.8. The number of amides is 2. The fourth-order valence-electron chi connectivity index (χ4n) is 3.93. The first-order chi connectivity index (χ1) is 19.1. The molecule has 0 aliphatic carbocycles. The Labute approximate surface area is 226 Å². The van der Waals surface area contributed by atoms with Gasteiger partial charge in [0.1, 0.15) is 0 Å². The number of carbonyl (C=O) groups excluding carboxylic acids is 2. The molecule has 11 heteroatoms. The van der Waals surface area contributed by atoms with Gasteiger partial charge < -0.3 is 20.8 Å². The van der Waals surface area contributed by atoms with Gasteiger partial charge in [0.25, 0.3) is 17.5 Å². The summed E-state index contributed by atoms with van der Waals surface area (Å²) in [6.07, 6.45) is 0.538. The Morgan fingerprint density at radius 3 is 1.52 bits per heavy atom. The fourth-order valence-corrected chi connectivity index (χ4v) is 3.93.